The lowest BCUT2D eigenvalue weighted by Crippen LogP contribution is -2.21. The van der Waals surface area contributed by atoms with Crippen LogP contribution in [0.3, 0.4) is 0 Å². The van der Waals surface area contributed by atoms with Gasteiger partial charge in [0.25, 0.3) is 0 Å². The summed E-state index contributed by atoms with van der Waals surface area (Å²) < 4.78 is 17.2. The zero-order valence-corrected chi connectivity index (χ0v) is 18.3. The van der Waals surface area contributed by atoms with Crippen molar-refractivity contribution in [2.24, 2.45) is 5.73 Å². The van der Waals surface area contributed by atoms with Crippen molar-refractivity contribution >= 4 is 5.97 Å². The minimum Gasteiger partial charge on any atom is -0.493 e. The number of ether oxygens (including phenoxy) is 3. The molecule has 0 saturated heterocycles. The molecular formula is C27H24N2O4. The fourth-order valence-corrected chi connectivity index (χ4v) is 3.81. The molecule has 0 radical (unpaired) electrons. The van der Waals surface area contributed by atoms with Crippen molar-refractivity contribution in [2.45, 2.75) is 25.7 Å². The SMILES string of the molecule is CCCOc1ccccc1C1C(C#N)=C(N)Oc2cc(OC(=O)Cc3ccccc3)ccc21. The highest BCUT2D eigenvalue weighted by molar-refractivity contribution is 5.75. The molecule has 0 bridgehead atoms. The van der Waals surface area contributed by atoms with E-state index in [-0.39, 0.29) is 18.3 Å². The molecule has 1 aliphatic rings. The maximum atomic E-state index is 12.4. The fraction of sp³-hybridized carbons (Fsp3) is 0.185. The van der Waals surface area contributed by atoms with Gasteiger partial charge in [0.15, 0.2) is 0 Å². The summed E-state index contributed by atoms with van der Waals surface area (Å²) in [6.45, 7) is 2.59. The van der Waals surface area contributed by atoms with Crippen molar-refractivity contribution in [2.75, 3.05) is 6.61 Å². The third-order valence-electron chi connectivity index (χ3n) is 5.31. The van der Waals surface area contributed by atoms with Gasteiger partial charge in [0.1, 0.15) is 28.9 Å². The smallest absolute Gasteiger partial charge is 0.315 e. The highest BCUT2D eigenvalue weighted by Crippen LogP contribution is 2.45. The molecule has 0 spiro atoms. The van der Waals surface area contributed by atoms with Crippen LogP contribution < -0.4 is 19.9 Å². The van der Waals surface area contributed by atoms with Gasteiger partial charge in [0, 0.05) is 17.2 Å². The lowest BCUT2D eigenvalue weighted by Gasteiger charge is -2.28. The van der Waals surface area contributed by atoms with E-state index in [2.05, 4.69) is 6.07 Å². The second kappa shape index (κ2) is 9.92. The van der Waals surface area contributed by atoms with E-state index in [1.54, 1.807) is 18.2 Å². The van der Waals surface area contributed by atoms with Crippen molar-refractivity contribution in [3.8, 4) is 23.3 Å². The third-order valence-corrected chi connectivity index (χ3v) is 5.31. The van der Waals surface area contributed by atoms with Gasteiger partial charge in [0.05, 0.1) is 18.9 Å². The summed E-state index contributed by atoms with van der Waals surface area (Å²) in [5.41, 5.74) is 8.87. The summed E-state index contributed by atoms with van der Waals surface area (Å²) in [4.78, 5) is 12.4. The molecule has 166 valence electrons. The Kier molecular flexibility index (Phi) is 6.61. The van der Waals surface area contributed by atoms with Gasteiger partial charge in [-0.25, -0.2) is 0 Å². The number of nitriles is 1. The number of rotatable bonds is 7. The Balaban J connectivity index is 1.65. The summed E-state index contributed by atoms with van der Waals surface area (Å²) >= 11 is 0. The van der Waals surface area contributed by atoms with Gasteiger partial charge in [-0.15, -0.1) is 0 Å². The summed E-state index contributed by atoms with van der Waals surface area (Å²) in [7, 11) is 0. The molecule has 3 aromatic carbocycles. The molecule has 0 amide bonds. The number of hydrogen-bond donors (Lipinski definition) is 1. The fourth-order valence-electron chi connectivity index (χ4n) is 3.81. The summed E-state index contributed by atoms with van der Waals surface area (Å²) in [6, 6.07) is 24.3. The molecule has 6 nitrogen and oxygen atoms in total. The average molecular weight is 440 g/mol. The molecule has 0 saturated carbocycles. The van der Waals surface area contributed by atoms with Gasteiger partial charge >= 0.3 is 5.97 Å². The quantitative estimate of drug-likeness (QED) is 0.417. The van der Waals surface area contributed by atoms with Crippen LogP contribution in [-0.2, 0) is 11.2 Å². The lowest BCUT2D eigenvalue weighted by atomic mass is 9.83. The van der Waals surface area contributed by atoms with E-state index in [0.29, 0.717) is 29.4 Å². The van der Waals surface area contributed by atoms with E-state index in [4.69, 9.17) is 19.9 Å². The molecule has 0 aliphatic carbocycles. The van der Waals surface area contributed by atoms with Gasteiger partial charge in [0.2, 0.25) is 5.88 Å². The second-order valence-corrected chi connectivity index (χ2v) is 7.65. The first-order valence-corrected chi connectivity index (χ1v) is 10.8. The minimum absolute atomic E-state index is 0.0213. The largest absolute Gasteiger partial charge is 0.493 e. The second-order valence-electron chi connectivity index (χ2n) is 7.65. The van der Waals surface area contributed by atoms with Crippen LogP contribution >= 0.6 is 0 Å². The number of benzene rings is 3. The molecule has 0 fully saturated rings. The van der Waals surface area contributed by atoms with Crippen LogP contribution in [0, 0.1) is 11.3 Å². The molecular weight excluding hydrogens is 416 g/mol. The number of carbonyl (C=O) groups is 1. The third kappa shape index (κ3) is 4.83. The number of nitrogens with two attached hydrogens (primary N) is 1. The average Bonchev–Trinajstić information content (AvgIpc) is 2.82. The maximum absolute atomic E-state index is 12.4. The zero-order valence-electron chi connectivity index (χ0n) is 18.3. The molecule has 1 aliphatic heterocycles. The van der Waals surface area contributed by atoms with Crippen molar-refractivity contribution in [3.63, 3.8) is 0 Å². The number of fused-ring (bicyclic) bond motifs is 1. The molecule has 33 heavy (non-hydrogen) atoms. The molecule has 0 aromatic heterocycles. The van der Waals surface area contributed by atoms with Crippen LogP contribution in [0.4, 0.5) is 0 Å². The Morgan fingerprint density at radius 2 is 1.82 bits per heavy atom. The zero-order chi connectivity index (χ0) is 23.2. The molecule has 1 atom stereocenters. The number of esters is 1. The van der Waals surface area contributed by atoms with Crippen molar-refractivity contribution in [1.29, 1.82) is 5.26 Å². The predicted molar refractivity (Wildman–Crippen MR) is 124 cm³/mol. The van der Waals surface area contributed by atoms with E-state index in [0.717, 1.165) is 23.1 Å². The predicted octanol–water partition coefficient (Wildman–Crippen LogP) is 4.84. The molecule has 2 N–H and O–H groups in total. The number of hydrogen-bond acceptors (Lipinski definition) is 6. The highest BCUT2D eigenvalue weighted by Gasteiger charge is 2.32. The Bertz CT molecular complexity index is 1230. The number of para-hydroxylation sites is 1. The molecule has 6 heteroatoms. The first-order valence-electron chi connectivity index (χ1n) is 10.8. The van der Waals surface area contributed by atoms with Gasteiger partial charge in [-0.2, -0.15) is 5.26 Å². The summed E-state index contributed by atoms with van der Waals surface area (Å²) in [6.07, 6.45) is 1.02. The molecule has 4 rings (SSSR count). The van der Waals surface area contributed by atoms with Crippen molar-refractivity contribution in [1.82, 2.24) is 0 Å². The van der Waals surface area contributed by atoms with E-state index in [1.165, 1.54) is 0 Å². The molecule has 3 aromatic rings. The van der Waals surface area contributed by atoms with Crippen LogP contribution in [-0.4, -0.2) is 12.6 Å². The van der Waals surface area contributed by atoms with Crippen LogP contribution in [0.15, 0.2) is 84.3 Å². The van der Waals surface area contributed by atoms with Crippen molar-refractivity contribution < 1.29 is 19.0 Å². The van der Waals surface area contributed by atoms with Crippen LogP contribution in [0.2, 0.25) is 0 Å². The highest BCUT2D eigenvalue weighted by atomic mass is 16.5. The van der Waals surface area contributed by atoms with Gasteiger partial charge in [-0.05, 0) is 24.1 Å². The van der Waals surface area contributed by atoms with E-state index < -0.39 is 5.92 Å². The lowest BCUT2D eigenvalue weighted by molar-refractivity contribution is -0.133. The van der Waals surface area contributed by atoms with Crippen molar-refractivity contribution in [3.05, 3.63) is 101 Å². The Labute approximate surface area is 192 Å². The van der Waals surface area contributed by atoms with Crippen LogP contribution in [0.25, 0.3) is 0 Å². The summed E-state index contributed by atoms with van der Waals surface area (Å²) in [5, 5.41) is 9.82. The Hall–Kier alpha value is -4.24. The standard InChI is InChI=1S/C27H24N2O4/c1-2-14-31-23-11-7-6-10-20(23)26-21-13-12-19(16-24(21)33-27(29)22(26)17-28)32-25(30)15-18-8-4-3-5-9-18/h3-13,16,26H,2,14-15,29H2,1H3. The van der Waals surface area contributed by atoms with Gasteiger partial charge in [-0.1, -0.05) is 61.5 Å². The van der Waals surface area contributed by atoms with Gasteiger partial charge < -0.3 is 19.9 Å². The minimum atomic E-state index is -0.458. The molecule has 1 heterocycles. The van der Waals surface area contributed by atoms with E-state index >= 15 is 0 Å². The number of carbonyl (C=O) groups excluding carboxylic acids is 1. The Morgan fingerprint density at radius 1 is 1.06 bits per heavy atom. The number of allylic oxidation sites excluding steroid dienone is 1. The first-order chi connectivity index (χ1) is 16.1. The monoisotopic (exact) mass is 440 g/mol. The van der Waals surface area contributed by atoms with Crippen LogP contribution in [0.5, 0.6) is 17.2 Å². The van der Waals surface area contributed by atoms with Crippen LogP contribution in [0.1, 0.15) is 36.0 Å². The molecule has 1 unspecified atom stereocenters. The van der Waals surface area contributed by atoms with E-state index in [9.17, 15) is 10.1 Å². The maximum Gasteiger partial charge on any atom is 0.315 e. The van der Waals surface area contributed by atoms with E-state index in [1.807, 2.05) is 61.5 Å². The normalized spacial score (nSPS) is 14.6. The summed E-state index contributed by atoms with van der Waals surface area (Å²) in [5.74, 6) is 0.655. The first kappa shape index (κ1) is 22.0. The van der Waals surface area contributed by atoms with Gasteiger partial charge in [-0.3, -0.25) is 4.79 Å². The Morgan fingerprint density at radius 3 is 2.58 bits per heavy atom. The number of nitrogens with zero attached hydrogens (tertiary/aromatic N) is 1. The topological polar surface area (TPSA) is 94.6 Å².